The van der Waals surface area contributed by atoms with Crippen molar-refractivity contribution < 1.29 is 9.47 Å². The fourth-order valence-electron chi connectivity index (χ4n) is 2.46. The Bertz CT molecular complexity index is 402. The van der Waals surface area contributed by atoms with Gasteiger partial charge in [-0.05, 0) is 31.0 Å². The van der Waals surface area contributed by atoms with Gasteiger partial charge in [0.2, 0.25) is 0 Å². The molecular weight excluding hydrogens is 264 g/mol. The average molecular weight is 292 g/mol. The van der Waals surface area contributed by atoms with E-state index in [1.54, 1.807) is 0 Å². The van der Waals surface area contributed by atoms with Gasteiger partial charge in [0.1, 0.15) is 12.4 Å². The van der Waals surface area contributed by atoms with E-state index in [0.717, 1.165) is 38.5 Å². The largest absolute Gasteiger partial charge is 0.489 e. The summed E-state index contributed by atoms with van der Waals surface area (Å²) in [5, 5.41) is 3.43. The highest BCUT2D eigenvalue weighted by Crippen LogP contribution is 2.28. The van der Waals surface area contributed by atoms with Gasteiger partial charge in [-0.1, -0.05) is 26.0 Å². The molecule has 0 spiro atoms. The van der Waals surface area contributed by atoms with E-state index in [-0.39, 0.29) is 0 Å². The summed E-state index contributed by atoms with van der Waals surface area (Å²) in [4.78, 5) is 2.41. The summed E-state index contributed by atoms with van der Waals surface area (Å²) in [6, 6.07) is 8.31. The van der Waals surface area contributed by atoms with E-state index in [1.807, 2.05) is 6.07 Å². The molecule has 1 N–H and O–H groups in total. The van der Waals surface area contributed by atoms with Crippen LogP contribution in [-0.4, -0.2) is 46.0 Å². The van der Waals surface area contributed by atoms with E-state index in [0.29, 0.717) is 19.1 Å². The maximum absolute atomic E-state index is 5.93. The lowest BCUT2D eigenvalue weighted by atomic mass is 10.2. The van der Waals surface area contributed by atoms with Gasteiger partial charge < -0.3 is 19.7 Å². The number of rotatable bonds is 7. The smallest absolute Gasteiger partial charge is 0.142 e. The lowest BCUT2D eigenvalue weighted by molar-refractivity contribution is 0.0820. The molecule has 21 heavy (non-hydrogen) atoms. The summed E-state index contributed by atoms with van der Waals surface area (Å²) in [5.74, 6) is 1.54. The highest BCUT2D eigenvalue weighted by molar-refractivity contribution is 5.58. The first kappa shape index (κ1) is 16.1. The molecule has 0 atom stereocenters. The van der Waals surface area contributed by atoms with Crippen molar-refractivity contribution in [3.05, 3.63) is 24.3 Å². The summed E-state index contributed by atoms with van der Waals surface area (Å²) in [5.41, 5.74) is 1.20. The van der Waals surface area contributed by atoms with E-state index in [1.165, 1.54) is 12.1 Å². The number of hydrogen-bond donors (Lipinski definition) is 1. The Balaban J connectivity index is 1.87. The second-order valence-electron chi connectivity index (χ2n) is 5.88. The van der Waals surface area contributed by atoms with Crippen molar-refractivity contribution in [3.8, 4) is 5.75 Å². The van der Waals surface area contributed by atoms with Crippen molar-refractivity contribution >= 4 is 5.69 Å². The van der Waals surface area contributed by atoms with Gasteiger partial charge in [-0.2, -0.15) is 0 Å². The topological polar surface area (TPSA) is 33.7 Å². The molecule has 1 aromatic carbocycles. The number of nitrogens with one attached hydrogen (secondary N) is 1. The van der Waals surface area contributed by atoms with E-state index < -0.39 is 0 Å². The average Bonchev–Trinajstić information content (AvgIpc) is 2.76. The second-order valence-corrected chi connectivity index (χ2v) is 5.88. The molecule has 1 fully saturated rings. The molecule has 0 aliphatic carbocycles. The number of anilines is 1. The molecule has 118 valence electrons. The second kappa shape index (κ2) is 8.90. The van der Waals surface area contributed by atoms with Gasteiger partial charge >= 0.3 is 0 Å². The predicted molar refractivity (Wildman–Crippen MR) is 87.3 cm³/mol. The summed E-state index contributed by atoms with van der Waals surface area (Å²) >= 11 is 0. The Morgan fingerprint density at radius 3 is 2.86 bits per heavy atom. The highest BCUT2D eigenvalue weighted by atomic mass is 16.5. The van der Waals surface area contributed by atoms with Crippen LogP contribution in [0.25, 0.3) is 0 Å². The third-order valence-electron chi connectivity index (χ3n) is 3.48. The first-order valence-corrected chi connectivity index (χ1v) is 8.02. The van der Waals surface area contributed by atoms with Crippen molar-refractivity contribution in [2.75, 3.05) is 50.9 Å². The van der Waals surface area contributed by atoms with E-state index >= 15 is 0 Å². The third kappa shape index (κ3) is 5.56. The summed E-state index contributed by atoms with van der Waals surface area (Å²) in [7, 11) is 0. The molecule has 1 saturated heterocycles. The molecule has 4 heteroatoms. The Morgan fingerprint density at radius 2 is 2.00 bits per heavy atom. The summed E-state index contributed by atoms with van der Waals surface area (Å²) in [6.07, 6.45) is 1.17. The molecular formula is C17H28N2O2. The van der Waals surface area contributed by atoms with Crippen LogP contribution in [0.4, 0.5) is 5.69 Å². The Kier molecular flexibility index (Phi) is 6.83. The standard InChI is InChI=1S/C17H28N2O2/c1-15(2)14-20-12-13-21-17-7-4-3-6-16(17)19-10-5-8-18-9-11-19/h3-4,6-7,15,18H,5,8-14H2,1-2H3. The number of hydrogen-bond acceptors (Lipinski definition) is 4. The van der Waals surface area contributed by atoms with Gasteiger partial charge in [0.15, 0.2) is 0 Å². The molecule has 1 aromatic rings. The lowest BCUT2D eigenvalue weighted by Gasteiger charge is -2.24. The SMILES string of the molecule is CC(C)COCCOc1ccccc1N1CCCNCC1. The zero-order valence-corrected chi connectivity index (χ0v) is 13.3. The van der Waals surface area contributed by atoms with Crippen molar-refractivity contribution in [1.29, 1.82) is 0 Å². The normalized spacial score (nSPS) is 16.0. The molecule has 1 aliphatic rings. The van der Waals surface area contributed by atoms with Gasteiger partial charge in [0.05, 0.1) is 12.3 Å². The zero-order valence-electron chi connectivity index (χ0n) is 13.3. The molecule has 0 amide bonds. The molecule has 1 aliphatic heterocycles. The first-order chi connectivity index (χ1) is 10.3. The van der Waals surface area contributed by atoms with Crippen molar-refractivity contribution in [2.24, 2.45) is 5.92 Å². The van der Waals surface area contributed by atoms with E-state index in [9.17, 15) is 0 Å². The fraction of sp³-hybridized carbons (Fsp3) is 0.647. The first-order valence-electron chi connectivity index (χ1n) is 8.02. The maximum atomic E-state index is 5.93. The van der Waals surface area contributed by atoms with Gasteiger partial charge in [-0.25, -0.2) is 0 Å². The quantitative estimate of drug-likeness (QED) is 0.783. The Labute approximate surface area is 128 Å². The Morgan fingerprint density at radius 1 is 1.14 bits per heavy atom. The van der Waals surface area contributed by atoms with Crippen LogP contribution >= 0.6 is 0 Å². The van der Waals surface area contributed by atoms with Crippen molar-refractivity contribution in [2.45, 2.75) is 20.3 Å². The van der Waals surface area contributed by atoms with Gasteiger partial charge in [-0.15, -0.1) is 0 Å². The lowest BCUT2D eigenvalue weighted by Crippen LogP contribution is -2.28. The maximum Gasteiger partial charge on any atom is 0.142 e. The predicted octanol–water partition coefficient (Wildman–Crippen LogP) is 2.54. The fourth-order valence-corrected chi connectivity index (χ4v) is 2.46. The molecule has 2 rings (SSSR count). The minimum absolute atomic E-state index is 0.571. The number of benzene rings is 1. The molecule has 1 heterocycles. The van der Waals surface area contributed by atoms with Crippen LogP contribution in [0.5, 0.6) is 5.75 Å². The minimum atomic E-state index is 0.571. The molecule has 0 radical (unpaired) electrons. The van der Waals surface area contributed by atoms with E-state index in [2.05, 4.69) is 42.3 Å². The molecule has 0 unspecified atom stereocenters. The Hall–Kier alpha value is -1.26. The summed E-state index contributed by atoms with van der Waals surface area (Å²) < 4.78 is 11.5. The van der Waals surface area contributed by atoms with Gasteiger partial charge in [0, 0.05) is 26.2 Å². The van der Waals surface area contributed by atoms with Gasteiger partial charge in [-0.3, -0.25) is 0 Å². The van der Waals surface area contributed by atoms with Crippen LogP contribution in [0.15, 0.2) is 24.3 Å². The number of nitrogens with zero attached hydrogens (tertiary/aromatic N) is 1. The monoisotopic (exact) mass is 292 g/mol. The highest BCUT2D eigenvalue weighted by Gasteiger charge is 2.13. The number of ether oxygens (including phenoxy) is 2. The van der Waals surface area contributed by atoms with Crippen molar-refractivity contribution in [1.82, 2.24) is 5.32 Å². The molecule has 0 bridgehead atoms. The van der Waals surface area contributed by atoms with Crippen LogP contribution < -0.4 is 15.0 Å². The molecule has 0 aromatic heterocycles. The molecule has 4 nitrogen and oxygen atoms in total. The van der Waals surface area contributed by atoms with E-state index in [4.69, 9.17) is 9.47 Å². The summed E-state index contributed by atoms with van der Waals surface area (Å²) in [6.45, 7) is 10.6. The van der Waals surface area contributed by atoms with Crippen LogP contribution in [0.1, 0.15) is 20.3 Å². The van der Waals surface area contributed by atoms with Crippen LogP contribution in [-0.2, 0) is 4.74 Å². The van der Waals surface area contributed by atoms with Gasteiger partial charge in [0.25, 0.3) is 0 Å². The molecule has 0 saturated carbocycles. The van der Waals surface area contributed by atoms with Crippen LogP contribution in [0.3, 0.4) is 0 Å². The minimum Gasteiger partial charge on any atom is -0.489 e. The number of para-hydroxylation sites is 2. The zero-order chi connectivity index (χ0) is 14.9. The van der Waals surface area contributed by atoms with Crippen molar-refractivity contribution in [3.63, 3.8) is 0 Å². The van der Waals surface area contributed by atoms with Crippen LogP contribution in [0.2, 0.25) is 0 Å². The van der Waals surface area contributed by atoms with Crippen LogP contribution in [0, 0.1) is 5.92 Å². The third-order valence-corrected chi connectivity index (χ3v) is 3.48.